The van der Waals surface area contributed by atoms with Crippen LogP contribution in [0.3, 0.4) is 0 Å². The Labute approximate surface area is 186 Å². The van der Waals surface area contributed by atoms with E-state index in [1.165, 1.54) is 0 Å². The first-order valence-electron chi connectivity index (χ1n) is 10.9. The molecular formula is C23H20F2N6O2. The molecule has 33 heavy (non-hydrogen) atoms. The molecule has 5 heterocycles. The van der Waals surface area contributed by atoms with Crippen LogP contribution in [0, 0.1) is 17.6 Å². The van der Waals surface area contributed by atoms with Gasteiger partial charge in [-0.2, -0.15) is 14.9 Å². The molecule has 0 aromatic heterocycles. The third kappa shape index (κ3) is 3.20. The van der Waals surface area contributed by atoms with Gasteiger partial charge in [0, 0.05) is 18.2 Å². The van der Waals surface area contributed by atoms with Crippen LogP contribution in [-0.2, 0) is 0 Å². The van der Waals surface area contributed by atoms with Crippen LogP contribution in [-0.4, -0.2) is 56.5 Å². The number of nitrogens with zero attached hydrogens (tertiary/aromatic N) is 4. The van der Waals surface area contributed by atoms with Crippen molar-refractivity contribution in [2.24, 2.45) is 5.92 Å². The Morgan fingerprint density at radius 2 is 1.76 bits per heavy atom. The van der Waals surface area contributed by atoms with E-state index < -0.39 is 17.2 Å². The van der Waals surface area contributed by atoms with Crippen molar-refractivity contribution in [2.45, 2.75) is 18.9 Å². The molecule has 1 unspecified atom stereocenters. The van der Waals surface area contributed by atoms with E-state index in [9.17, 15) is 18.4 Å². The van der Waals surface area contributed by atoms with Crippen molar-refractivity contribution in [1.82, 2.24) is 30.2 Å². The van der Waals surface area contributed by atoms with Gasteiger partial charge in [-0.05, 0) is 68.2 Å². The fraction of sp³-hybridized carbons (Fsp3) is 0.304. The topological polar surface area (TPSA) is 95.9 Å². The number of carbonyl (C=O) groups excluding carboxylic acids is 1. The molecule has 0 aliphatic carbocycles. The van der Waals surface area contributed by atoms with Crippen molar-refractivity contribution < 1.29 is 13.6 Å². The summed E-state index contributed by atoms with van der Waals surface area (Å²) in [5.41, 5.74) is 0.000945. The highest BCUT2D eigenvalue weighted by Crippen LogP contribution is 2.29. The number of aromatic nitrogens is 4. The molecule has 2 bridgehead atoms. The van der Waals surface area contributed by atoms with Gasteiger partial charge in [-0.1, -0.05) is 0 Å². The highest BCUT2D eigenvalue weighted by atomic mass is 19.1. The maximum Gasteiger partial charge on any atom is 0.301 e. The van der Waals surface area contributed by atoms with Crippen LogP contribution in [0.25, 0.3) is 28.0 Å². The average molecular weight is 450 g/mol. The quantitative estimate of drug-likeness (QED) is 0.500. The van der Waals surface area contributed by atoms with Gasteiger partial charge in [0.25, 0.3) is 5.91 Å². The predicted octanol–water partition coefficient (Wildman–Crippen LogP) is 2.32. The zero-order valence-electron chi connectivity index (χ0n) is 17.5. The molecule has 0 saturated carbocycles. The van der Waals surface area contributed by atoms with Crippen LogP contribution >= 0.6 is 0 Å². The van der Waals surface area contributed by atoms with E-state index in [0.717, 1.165) is 49.3 Å². The van der Waals surface area contributed by atoms with E-state index in [1.807, 2.05) is 0 Å². The molecule has 2 aromatic carbocycles. The maximum atomic E-state index is 14.4. The van der Waals surface area contributed by atoms with Gasteiger partial charge in [0.15, 0.2) is 5.69 Å². The molecule has 2 N–H and O–H groups in total. The number of benzene rings is 2. The first kappa shape index (κ1) is 20.0. The van der Waals surface area contributed by atoms with Crippen molar-refractivity contribution in [2.75, 3.05) is 19.6 Å². The number of H-pyrrole nitrogens is 1. The van der Waals surface area contributed by atoms with Crippen molar-refractivity contribution in [3.63, 3.8) is 0 Å². The Morgan fingerprint density at radius 3 is 2.45 bits per heavy atom. The zero-order valence-corrected chi connectivity index (χ0v) is 17.5. The molecule has 168 valence electrons. The van der Waals surface area contributed by atoms with Crippen LogP contribution < -0.4 is 10.9 Å². The Balaban J connectivity index is 1.31. The molecule has 5 aliphatic heterocycles. The lowest BCUT2D eigenvalue weighted by Gasteiger charge is -2.44. The number of hydrogen-bond acceptors (Lipinski definition) is 5. The minimum atomic E-state index is -0.709. The molecule has 0 spiro atoms. The number of carbonyl (C=O) groups is 1. The van der Waals surface area contributed by atoms with Gasteiger partial charge in [-0.25, -0.2) is 8.78 Å². The Morgan fingerprint density at radius 1 is 1.03 bits per heavy atom. The number of piperidine rings is 3. The van der Waals surface area contributed by atoms with E-state index in [4.69, 9.17) is 0 Å². The van der Waals surface area contributed by atoms with Crippen molar-refractivity contribution in [3.8, 4) is 17.1 Å². The minimum Gasteiger partial charge on any atom is -0.348 e. The highest BCUT2D eigenvalue weighted by molar-refractivity contribution is 5.95. The molecular weight excluding hydrogens is 430 g/mol. The van der Waals surface area contributed by atoms with Gasteiger partial charge in [0.1, 0.15) is 22.8 Å². The fourth-order valence-corrected chi connectivity index (χ4v) is 4.98. The Kier molecular flexibility index (Phi) is 4.51. The van der Waals surface area contributed by atoms with E-state index >= 15 is 0 Å². The monoisotopic (exact) mass is 450 g/mol. The Hall–Kier alpha value is -3.66. The third-order valence-corrected chi connectivity index (χ3v) is 6.79. The van der Waals surface area contributed by atoms with Crippen molar-refractivity contribution in [3.05, 3.63) is 63.9 Å². The van der Waals surface area contributed by atoms with E-state index in [2.05, 4.69) is 25.5 Å². The number of amides is 1. The molecule has 3 saturated heterocycles. The van der Waals surface area contributed by atoms with Crippen LogP contribution in [0.2, 0.25) is 0 Å². The summed E-state index contributed by atoms with van der Waals surface area (Å²) in [6.45, 7) is 3.07. The Bertz CT molecular complexity index is 1410. The third-order valence-electron chi connectivity index (χ3n) is 6.79. The normalized spacial score (nSPS) is 22.2. The maximum absolute atomic E-state index is 14.4. The average Bonchev–Trinajstić information content (AvgIpc) is 3.18. The predicted molar refractivity (Wildman–Crippen MR) is 116 cm³/mol. The lowest BCUT2D eigenvalue weighted by Crippen LogP contribution is -2.57. The van der Waals surface area contributed by atoms with Gasteiger partial charge in [0.2, 0.25) is 0 Å². The summed E-state index contributed by atoms with van der Waals surface area (Å²) < 4.78 is 29.6. The van der Waals surface area contributed by atoms with Gasteiger partial charge in [-0.15, -0.1) is 0 Å². The van der Waals surface area contributed by atoms with Crippen LogP contribution in [0.5, 0.6) is 0 Å². The molecule has 0 radical (unpaired) electrons. The molecule has 2 aromatic rings. The largest absolute Gasteiger partial charge is 0.348 e. The lowest BCUT2D eigenvalue weighted by molar-refractivity contribution is 0.0620. The van der Waals surface area contributed by atoms with Gasteiger partial charge >= 0.3 is 5.56 Å². The number of hydrogen-bond donors (Lipinski definition) is 2. The van der Waals surface area contributed by atoms with E-state index in [-0.39, 0.29) is 34.2 Å². The van der Waals surface area contributed by atoms with Crippen LogP contribution in [0.4, 0.5) is 8.78 Å². The summed E-state index contributed by atoms with van der Waals surface area (Å²) in [6, 6.07) is 8.55. The zero-order chi connectivity index (χ0) is 22.7. The molecule has 8 nitrogen and oxygen atoms in total. The van der Waals surface area contributed by atoms with Gasteiger partial charge < -0.3 is 10.2 Å². The van der Waals surface area contributed by atoms with E-state index in [1.54, 1.807) is 24.3 Å². The van der Waals surface area contributed by atoms with Crippen LogP contribution in [0.1, 0.15) is 23.2 Å². The molecule has 5 aliphatic rings. The van der Waals surface area contributed by atoms with Gasteiger partial charge in [-0.3, -0.25) is 14.7 Å². The summed E-state index contributed by atoms with van der Waals surface area (Å²) in [6.07, 6.45) is 2.21. The number of aromatic amines is 1. The first-order chi connectivity index (χ1) is 16.0. The van der Waals surface area contributed by atoms with Crippen molar-refractivity contribution >= 4 is 16.8 Å². The van der Waals surface area contributed by atoms with Crippen molar-refractivity contribution in [1.29, 1.82) is 0 Å². The number of fused-ring (bicyclic) bond motifs is 6. The SMILES string of the molecule is O=C(NC1CN2CCC1CC2)c1ccc(-n2nc3c4c(F)ccc(F)c4[nH]nc-3c2=O)cc1. The summed E-state index contributed by atoms with van der Waals surface area (Å²) in [5.74, 6) is -1.05. The van der Waals surface area contributed by atoms with Gasteiger partial charge in [0.05, 0.1) is 11.1 Å². The smallest absolute Gasteiger partial charge is 0.301 e. The number of rotatable bonds is 3. The summed E-state index contributed by atoms with van der Waals surface area (Å²) in [5, 5.41) is 13.5. The second-order valence-electron chi connectivity index (χ2n) is 8.68. The molecule has 1 amide bonds. The number of halogens is 2. The standard InChI is InChI=1S/C23H20F2N6O2/c24-15-5-6-16(25)19-18(15)20-21(28-27-19)23(33)31(29-20)14-3-1-13(2-4-14)22(32)26-17-11-30-9-7-12(17)8-10-30/h1-6,12,17,27H,7-11H2,(H,26,32). The summed E-state index contributed by atoms with van der Waals surface area (Å²) >= 11 is 0. The van der Waals surface area contributed by atoms with Crippen LogP contribution in [0.15, 0.2) is 41.2 Å². The minimum absolute atomic E-state index is 0.0325. The summed E-state index contributed by atoms with van der Waals surface area (Å²) in [7, 11) is 0. The molecule has 1 atom stereocenters. The second kappa shape index (κ2) is 7.45. The first-order valence-corrected chi connectivity index (χ1v) is 10.9. The molecule has 10 heteroatoms. The molecule has 3 fully saturated rings. The highest BCUT2D eigenvalue weighted by Gasteiger charge is 2.35. The number of nitrogens with one attached hydrogen (secondary N) is 2. The molecule has 7 rings (SSSR count). The fourth-order valence-electron chi connectivity index (χ4n) is 4.98. The lowest BCUT2D eigenvalue weighted by atomic mass is 9.84. The van der Waals surface area contributed by atoms with E-state index in [0.29, 0.717) is 17.2 Å². The summed E-state index contributed by atoms with van der Waals surface area (Å²) in [4.78, 5) is 28.0. The second-order valence-corrected chi connectivity index (χ2v) is 8.68.